The Morgan fingerprint density at radius 1 is 0.667 bits per heavy atom. The van der Waals surface area contributed by atoms with E-state index in [4.69, 9.17) is 29.0 Å². The average molecular weight is 522 g/mol. The van der Waals surface area contributed by atoms with Gasteiger partial charge in [0, 0.05) is 0 Å². The predicted octanol–water partition coefficient (Wildman–Crippen LogP) is 7.78. The maximum Gasteiger partial charge on any atom is 2.00 e. The molecule has 0 fully saturated rings. The topological polar surface area (TPSA) is 32.3 Å². The molecule has 0 atom stereocenters. The molecule has 0 amide bonds. The minimum Gasteiger partial charge on any atom is -0.682 e. The summed E-state index contributed by atoms with van der Waals surface area (Å²) in [6, 6.07) is 6.26. The largest absolute Gasteiger partial charge is 2.00 e. The van der Waals surface area contributed by atoms with Crippen LogP contribution < -0.4 is 9.42 Å². The number of rotatable bonds is 18. The molecule has 0 spiro atoms. The zero-order valence-electron chi connectivity index (χ0n) is 19.3. The van der Waals surface area contributed by atoms with Crippen molar-refractivity contribution in [1.29, 1.82) is 0 Å². The van der Waals surface area contributed by atoms with E-state index in [2.05, 4.69) is 19.9 Å². The van der Waals surface area contributed by atoms with Crippen molar-refractivity contribution in [3.8, 4) is 5.75 Å². The van der Waals surface area contributed by atoms with Gasteiger partial charge in [0.05, 0.1) is 0 Å². The minimum absolute atomic E-state index is 0. The summed E-state index contributed by atoms with van der Waals surface area (Å²) in [5.74, 6) is 0.594. The summed E-state index contributed by atoms with van der Waals surface area (Å²) in [6.45, 7) is 4.51. The maximum absolute atomic E-state index is 11.8. The second-order valence-electron chi connectivity index (χ2n) is 8.27. The van der Waals surface area contributed by atoms with Gasteiger partial charge in [-0.25, -0.2) is 0 Å². The van der Waals surface area contributed by atoms with Crippen LogP contribution in [0.25, 0.3) is 0 Å². The second kappa shape index (κ2) is 19.2. The molecule has 30 heavy (non-hydrogen) atoms. The van der Waals surface area contributed by atoms with Crippen LogP contribution in [0.2, 0.25) is 0 Å². The molecule has 0 aliphatic carbocycles. The third kappa shape index (κ3) is 17.3. The summed E-state index contributed by atoms with van der Waals surface area (Å²) in [4.78, 5) is 11.8. The molecule has 0 bridgehead atoms. The fraction of sp³-hybridized carbons (Fsp3) is 0.750. The average Bonchev–Trinajstić information content (AvgIpc) is 2.65. The molecule has 0 aromatic heterocycles. The van der Waals surface area contributed by atoms with Gasteiger partial charge in [-0.2, -0.15) is 0 Å². The van der Waals surface area contributed by atoms with Crippen LogP contribution >= 0.6 is 6.12 Å². The Morgan fingerprint density at radius 2 is 1.03 bits per heavy atom. The molecular weight excluding hydrogens is 481 g/mol. The van der Waals surface area contributed by atoms with Gasteiger partial charge < -0.3 is 33.9 Å². The van der Waals surface area contributed by atoms with Crippen LogP contribution in [0.5, 0.6) is 5.75 Å². The van der Waals surface area contributed by atoms with Gasteiger partial charge in [-0.05, 0) is 48.9 Å². The molecule has 0 radical (unpaired) electrons. The molecule has 168 valence electrons. The molecule has 0 heterocycles. The van der Waals surface area contributed by atoms with Gasteiger partial charge >= 0.3 is 19.5 Å². The Kier molecular flexibility index (Phi) is 19.7. The normalized spacial score (nSPS) is 11.4. The van der Waals surface area contributed by atoms with Crippen LogP contribution in [0.4, 0.5) is 0 Å². The van der Waals surface area contributed by atoms with Crippen LogP contribution in [-0.4, -0.2) is 0 Å². The second-order valence-corrected chi connectivity index (χ2v) is 12.9. The molecule has 0 saturated carbocycles. The summed E-state index contributed by atoms with van der Waals surface area (Å²) in [5.41, 5.74) is 2.51. The molecule has 0 saturated heterocycles. The van der Waals surface area contributed by atoms with E-state index in [-0.39, 0.29) is 19.5 Å². The summed E-state index contributed by atoms with van der Waals surface area (Å²) >= 11 is 9.63. The van der Waals surface area contributed by atoms with Crippen LogP contribution in [0, 0.1) is 0 Å². The van der Waals surface area contributed by atoms with E-state index in [0.29, 0.717) is 5.75 Å². The minimum atomic E-state index is -3.36. The van der Waals surface area contributed by atoms with Gasteiger partial charge in [-0.15, -0.1) is 6.12 Å². The first-order valence-electron chi connectivity index (χ1n) is 11.8. The van der Waals surface area contributed by atoms with Gasteiger partial charge in [0.25, 0.3) is 0 Å². The van der Waals surface area contributed by atoms with E-state index in [9.17, 15) is 4.89 Å². The third-order valence-electron chi connectivity index (χ3n) is 5.38. The first-order chi connectivity index (χ1) is 13.9. The quantitative estimate of drug-likeness (QED) is 0.0854. The molecule has 1 aromatic rings. The van der Waals surface area contributed by atoms with Gasteiger partial charge in [0.2, 0.25) is 0 Å². The van der Waals surface area contributed by atoms with Crippen LogP contribution in [0.3, 0.4) is 0 Å². The third-order valence-corrected chi connectivity index (χ3v) is 6.26. The SMILES string of the molecule is CCCCCCCCCc1cc(CCCCCCCCC)cc(O[P+]([O-])([S-])[S-])c1.[Zn+2]. The molecule has 0 N–H and O–H groups in total. The van der Waals surface area contributed by atoms with Gasteiger partial charge in [-0.1, -0.05) is 97.0 Å². The van der Waals surface area contributed by atoms with E-state index < -0.39 is 6.12 Å². The van der Waals surface area contributed by atoms with Crippen molar-refractivity contribution in [2.24, 2.45) is 0 Å². The van der Waals surface area contributed by atoms with Crippen molar-refractivity contribution in [3.05, 3.63) is 29.3 Å². The maximum atomic E-state index is 11.8. The van der Waals surface area contributed by atoms with E-state index in [1.165, 1.54) is 101 Å². The van der Waals surface area contributed by atoms with Crippen LogP contribution in [-0.2, 0) is 56.8 Å². The Labute approximate surface area is 210 Å². The zero-order chi connectivity index (χ0) is 21.4. The fourth-order valence-electron chi connectivity index (χ4n) is 3.77. The predicted molar refractivity (Wildman–Crippen MR) is 132 cm³/mol. The first kappa shape index (κ1) is 30.7. The van der Waals surface area contributed by atoms with Crippen molar-refractivity contribution in [1.82, 2.24) is 0 Å². The van der Waals surface area contributed by atoms with Gasteiger partial charge in [0.15, 0.2) is 5.75 Å². The smallest absolute Gasteiger partial charge is 0.682 e. The van der Waals surface area contributed by atoms with Crippen molar-refractivity contribution < 1.29 is 28.9 Å². The molecule has 1 aromatic carbocycles. The number of hydrogen-bond donors (Lipinski definition) is 0. The monoisotopic (exact) mass is 520 g/mol. The molecule has 0 unspecified atom stereocenters. The Balaban J connectivity index is 0.00000841. The first-order valence-corrected chi connectivity index (χ1v) is 15.4. The standard InChI is InChI=1S/C24H43O2PS2.Zn/c1-3-5-7-9-11-13-15-17-22-19-23(18-16-14-12-10-8-6-4-2)21-24(20-22)26-27(25,28)29;/h19-21H,3-18H2,1-2H3,(H2,25,28,29);/q;+2/p-2. The van der Waals surface area contributed by atoms with E-state index in [1.54, 1.807) is 0 Å². The van der Waals surface area contributed by atoms with Crippen molar-refractivity contribution in [2.45, 2.75) is 117 Å². The molecule has 0 aliphatic heterocycles. The van der Waals surface area contributed by atoms with Crippen molar-refractivity contribution >= 4 is 30.6 Å². The Bertz CT molecular complexity index is 502. The zero-order valence-corrected chi connectivity index (χ0v) is 24.8. The summed E-state index contributed by atoms with van der Waals surface area (Å²) in [5, 5.41) is 0. The summed E-state index contributed by atoms with van der Waals surface area (Å²) in [7, 11) is 0. The molecule has 0 aliphatic rings. The number of benzene rings is 1. The van der Waals surface area contributed by atoms with Gasteiger partial charge in [-0.3, -0.25) is 0 Å². The fourth-order valence-corrected chi connectivity index (χ4v) is 4.65. The van der Waals surface area contributed by atoms with E-state index in [0.717, 1.165) is 12.8 Å². The number of aryl methyl sites for hydroxylation is 2. The Morgan fingerprint density at radius 3 is 1.40 bits per heavy atom. The van der Waals surface area contributed by atoms with Crippen molar-refractivity contribution in [3.63, 3.8) is 0 Å². The molecule has 1 rings (SSSR count). The van der Waals surface area contributed by atoms with E-state index in [1.807, 2.05) is 12.1 Å². The number of hydrogen-bond acceptors (Lipinski definition) is 4. The Hall–Kier alpha value is 0.733. The molecular formula is C24H41O2PS2Zn. The van der Waals surface area contributed by atoms with Gasteiger partial charge in [0.1, 0.15) is 0 Å². The van der Waals surface area contributed by atoms with Crippen LogP contribution in [0.15, 0.2) is 18.2 Å². The van der Waals surface area contributed by atoms with E-state index >= 15 is 0 Å². The van der Waals surface area contributed by atoms with Crippen LogP contribution in [0.1, 0.15) is 115 Å². The van der Waals surface area contributed by atoms with Crippen molar-refractivity contribution in [2.75, 3.05) is 0 Å². The molecule has 6 heteroatoms. The summed E-state index contributed by atoms with van der Waals surface area (Å²) < 4.78 is 5.41. The molecule has 2 nitrogen and oxygen atoms in total. The summed E-state index contributed by atoms with van der Waals surface area (Å²) in [6.07, 6.45) is 16.9. The number of unbranched alkanes of at least 4 members (excludes halogenated alkanes) is 12.